The molecule has 3 aliphatic rings. The Balaban J connectivity index is 1.88. The highest BCUT2D eigenvalue weighted by Crippen LogP contribution is 2.60. The van der Waals surface area contributed by atoms with Gasteiger partial charge in [0.05, 0.1) is 0 Å². The zero-order valence-electron chi connectivity index (χ0n) is 9.95. The van der Waals surface area contributed by atoms with Crippen molar-refractivity contribution < 1.29 is 19.8 Å². The van der Waals surface area contributed by atoms with Gasteiger partial charge in [0.2, 0.25) is 0 Å². The molecule has 3 aliphatic carbocycles. The summed E-state index contributed by atoms with van der Waals surface area (Å²) in [6.45, 7) is 0. The van der Waals surface area contributed by atoms with Crippen LogP contribution in [-0.2, 0) is 9.59 Å². The average Bonchev–Trinajstić information content (AvgIpc) is 2.96. The number of carbonyl (C=O) groups is 2. The van der Waals surface area contributed by atoms with E-state index in [1.165, 1.54) is 0 Å². The van der Waals surface area contributed by atoms with Crippen LogP contribution in [0.5, 0.6) is 0 Å². The van der Waals surface area contributed by atoms with Crippen LogP contribution in [0.4, 0.5) is 0 Å². The quantitative estimate of drug-likeness (QED) is 0.591. The number of carboxylic acids is 2. The molecule has 0 spiro atoms. The predicted molar refractivity (Wildman–Crippen MR) is 63.8 cm³/mol. The van der Waals surface area contributed by atoms with Crippen LogP contribution in [0.3, 0.4) is 0 Å². The molecule has 3 rings (SSSR count). The van der Waals surface area contributed by atoms with Crippen molar-refractivity contribution in [3.8, 4) is 0 Å². The molecule has 4 heteroatoms. The Kier molecular flexibility index (Phi) is 2.54. The summed E-state index contributed by atoms with van der Waals surface area (Å²) < 4.78 is 0. The Hall–Kier alpha value is -1.58. The SMILES string of the molecule is O=C(O)/C=C(\C(=O)O)C1CC2CC1C1C=CCC21. The molecule has 2 fully saturated rings. The lowest BCUT2D eigenvalue weighted by Gasteiger charge is -2.31. The van der Waals surface area contributed by atoms with Crippen molar-refractivity contribution in [2.75, 3.05) is 0 Å². The van der Waals surface area contributed by atoms with E-state index in [1.54, 1.807) is 0 Å². The van der Waals surface area contributed by atoms with Gasteiger partial charge in [0.1, 0.15) is 0 Å². The Morgan fingerprint density at radius 2 is 1.94 bits per heavy atom. The molecule has 0 aromatic carbocycles. The number of aliphatic carboxylic acids is 2. The monoisotopic (exact) mass is 248 g/mol. The smallest absolute Gasteiger partial charge is 0.332 e. The fourth-order valence-corrected chi connectivity index (χ4v) is 4.36. The lowest BCUT2D eigenvalue weighted by molar-refractivity contribution is -0.135. The summed E-state index contributed by atoms with van der Waals surface area (Å²) >= 11 is 0. The molecule has 4 nitrogen and oxygen atoms in total. The van der Waals surface area contributed by atoms with Crippen LogP contribution < -0.4 is 0 Å². The van der Waals surface area contributed by atoms with E-state index in [9.17, 15) is 14.7 Å². The molecule has 96 valence electrons. The van der Waals surface area contributed by atoms with E-state index in [-0.39, 0.29) is 11.5 Å². The van der Waals surface area contributed by atoms with Crippen molar-refractivity contribution in [3.05, 3.63) is 23.8 Å². The van der Waals surface area contributed by atoms with Crippen LogP contribution in [0.1, 0.15) is 19.3 Å². The van der Waals surface area contributed by atoms with E-state index in [0.717, 1.165) is 25.3 Å². The summed E-state index contributed by atoms with van der Waals surface area (Å²) in [4.78, 5) is 22.0. The van der Waals surface area contributed by atoms with Gasteiger partial charge in [-0.3, -0.25) is 0 Å². The maximum absolute atomic E-state index is 11.2. The van der Waals surface area contributed by atoms with Crippen LogP contribution in [0.25, 0.3) is 0 Å². The summed E-state index contributed by atoms with van der Waals surface area (Å²) in [7, 11) is 0. The van der Waals surface area contributed by atoms with Gasteiger partial charge in [0, 0.05) is 11.6 Å². The molecule has 5 atom stereocenters. The first-order valence-electron chi connectivity index (χ1n) is 6.42. The fourth-order valence-electron chi connectivity index (χ4n) is 4.36. The van der Waals surface area contributed by atoms with E-state index in [4.69, 9.17) is 5.11 Å². The van der Waals surface area contributed by atoms with Gasteiger partial charge in [0.15, 0.2) is 0 Å². The minimum Gasteiger partial charge on any atom is -0.478 e. The third-order valence-electron chi connectivity index (χ3n) is 4.93. The second-order valence-corrected chi connectivity index (χ2v) is 5.65. The lowest BCUT2D eigenvalue weighted by atomic mass is 9.73. The van der Waals surface area contributed by atoms with E-state index < -0.39 is 11.9 Å². The number of hydrogen-bond donors (Lipinski definition) is 2. The molecule has 0 aromatic heterocycles. The number of carboxylic acid groups (broad SMARTS) is 2. The third-order valence-corrected chi connectivity index (χ3v) is 4.93. The predicted octanol–water partition coefficient (Wildman–Crippen LogP) is 1.93. The normalized spacial score (nSPS) is 41.1. The second-order valence-electron chi connectivity index (χ2n) is 5.65. The van der Waals surface area contributed by atoms with Crippen molar-refractivity contribution >= 4 is 11.9 Å². The van der Waals surface area contributed by atoms with E-state index in [1.807, 2.05) is 0 Å². The highest BCUT2D eigenvalue weighted by molar-refractivity contribution is 5.95. The maximum atomic E-state index is 11.2. The average molecular weight is 248 g/mol. The van der Waals surface area contributed by atoms with Crippen LogP contribution in [0.15, 0.2) is 23.8 Å². The summed E-state index contributed by atoms with van der Waals surface area (Å²) in [5, 5.41) is 18.0. The molecule has 0 aromatic rings. The summed E-state index contributed by atoms with van der Waals surface area (Å²) in [6.07, 6.45) is 8.32. The van der Waals surface area contributed by atoms with Crippen LogP contribution in [-0.4, -0.2) is 22.2 Å². The molecule has 0 heterocycles. The highest BCUT2D eigenvalue weighted by atomic mass is 16.4. The van der Waals surface area contributed by atoms with Crippen molar-refractivity contribution in [2.24, 2.45) is 29.6 Å². The molecule has 0 radical (unpaired) electrons. The van der Waals surface area contributed by atoms with Crippen molar-refractivity contribution in [3.63, 3.8) is 0 Å². The van der Waals surface area contributed by atoms with E-state index in [2.05, 4.69) is 12.2 Å². The number of hydrogen-bond acceptors (Lipinski definition) is 2. The minimum absolute atomic E-state index is 0.0763. The summed E-state index contributed by atoms with van der Waals surface area (Å²) in [5.41, 5.74) is 0.0914. The topological polar surface area (TPSA) is 74.6 Å². The van der Waals surface area contributed by atoms with Gasteiger partial charge < -0.3 is 10.2 Å². The first-order chi connectivity index (χ1) is 8.58. The van der Waals surface area contributed by atoms with Gasteiger partial charge in [-0.1, -0.05) is 12.2 Å². The number of rotatable bonds is 3. The van der Waals surface area contributed by atoms with E-state index >= 15 is 0 Å². The zero-order valence-corrected chi connectivity index (χ0v) is 9.95. The van der Waals surface area contributed by atoms with Gasteiger partial charge in [0.25, 0.3) is 0 Å². The Bertz CT molecular complexity index is 462. The number of allylic oxidation sites excluding steroid dienone is 2. The number of fused-ring (bicyclic) bond motifs is 5. The summed E-state index contributed by atoms with van der Waals surface area (Å²) in [5.74, 6) is -0.233. The van der Waals surface area contributed by atoms with Crippen LogP contribution in [0.2, 0.25) is 0 Å². The van der Waals surface area contributed by atoms with Gasteiger partial charge in [-0.15, -0.1) is 0 Å². The van der Waals surface area contributed by atoms with Crippen molar-refractivity contribution in [1.29, 1.82) is 0 Å². The Morgan fingerprint density at radius 1 is 1.17 bits per heavy atom. The molecule has 5 unspecified atom stereocenters. The molecular formula is C14H16O4. The van der Waals surface area contributed by atoms with Gasteiger partial charge in [-0.25, -0.2) is 9.59 Å². The molecule has 0 amide bonds. The zero-order chi connectivity index (χ0) is 12.9. The first-order valence-corrected chi connectivity index (χ1v) is 6.42. The summed E-state index contributed by atoms with van der Waals surface area (Å²) in [6, 6.07) is 0. The molecule has 0 aliphatic heterocycles. The highest BCUT2D eigenvalue weighted by Gasteiger charge is 2.53. The van der Waals surface area contributed by atoms with Gasteiger partial charge in [-0.05, 0) is 48.9 Å². The fraction of sp³-hybridized carbons (Fsp3) is 0.571. The lowest BCUT2D eigenvalue weighted by Crippen LogP contribution is -2.28. The maximum Gasteiger partial charge on any atom is 0.332 e. The Labute approximate surface area is 105 Å². The van der Waals surface area contributed by atoms with Crippen LogP contribution >= 0.6 is 0 Å². The van der Waals surface area contributed by atoms with Crippen molar-refractivity contribution in [2.45, 2.75) is 19.3 Å². The minimum atomic E-state index is -1.16. The molecular weight excluding hydrogens is 232 g/mol. The molecule has 2 saturated carbocycles. The first kappa shape index (κ1) is 11.5. The van der Waals surface area contributed by atoms with Crippen LogP contribution in [0, 0.1) is 29.6 Å². The van der Waals surface area contributed by atoms with Gasteiger partial charge in [-0.2, -0.15) is 0 Å². The second kappa shape index (κ2) is 3.97. The molecule has 0 saturated heterocycles. The standard InChI is InChI=1S/C14H16O4/c15-13(16)6-12(14(17)18)11-5-7-4-10(11)9-3-1-2-8(7)9/h1,3,6-11H,2,4-5H2,(H,15,16)(H,17,18)/b12-6-. The molecule has 18 heavy (non-hydrogen) atoms. The third kappa shape index (κ3) is 1.59. The Morgan fingerprint density at radius 3 is 2.61 bits per heavy atom. The molecule has 2 N–H and O–H groups in total. The molecule has 2 bridgehead atoms. The largest absolute Gasteiger partial charge is 0.478 e. The van der Waals surface area contributed by atoms with Gasteiger partial charge >= 0.3 is 11.9 Å². The van der Waals surface area contributed by atoms with Crippen molar-refractivity contribution in [1.82, 2.24) is 0 Å². The van der Waals surface area contributed by atoms with E-state index in [0.29, 0.717) is 23.7 Å².